The van der Waals surface area contributed by atoms with Crippen molar-refractivity contribution in [1.29, 1.82) is 0 Å². The van der Waals surface area contributed by atoms with Crippen LogP contribution in [0.3, 0.4) is 0 Å². The SMILES string of the molecule is CC(=O)c1nn(-c2cccc(C)c2)cc1C(=O)c1ccc(OCCCOc2ccc(C(=O)c3cn(-c4cccc(C)c4)nc3C(C)=O)cc2)cc1. The summed E-state index contributed by atoms with van der Waals surface area (Å²) in [6, 6.07) is 28.8. The number of hydrogen-bond donors (Lipinski definition) is 0. The van der Waals surface area contributed by atoms with Gasteiger partial charge >= 0.3 is 0 Å². The standard InChI is InChI=1S/C41H36N4O6/c1-26-8-5-10-32(22-26)44-24-36(38(42-44)28(3)46)40(48)30-12-16-34(17-13-30)50-20-7-21-51-35-18-14-31(15-19-35)41(49)37-25-45(43-39(37)29(4)47)33-11-6-9-27(2)23-33/h5-6,8-19,22-25H,7,20-21H2,1-4H3. The zero-order chi connectivity index (χ0) is 36.1. The maximum Gasteiger partial charge on any atom is 0.196 e. The van der Waals surface area contributed by atoms with Gasteiger partial charge in [0, 0.05) is 43.8 Å². The van der Waals surface area contributed by atoms with E-state index in [1.807, 2.05) is 62.4 Å². The van der Waals surface area contributed by atoms with E-state index in [2.05, 4.69) is 10.2 Å². The lowest BCUT2D eigenvalue weighted by Crippen LogP contribution is -2.08. The minimum absolute atomic E-state index is 0.121. The molecule has 0 fully saturated rings. The monoisotopic (exact) mass is 680 g/mol. The zero-order valence-corrected chi connectivity index (χ0v) is 28.8. The van der Waals surface area contributed by atoms with E-state index in [0.29, 0.717) is 42.3 Å². The molecule has 0 bridgehead atoms. The Labute approximate surface area is 295 Å². The first kappa shape index (κ1) is 34.4. The number of aromatic nitrogens is 4. The average Bonchev–Trinajstić information content (AvgIpc) is 3.78. The molecule has 2 heterocycles. The molecule has 0 N–H and O–H groups in total. The second kappa shape index (κ2) is 15.0. The molecule has 0 aliphatic carbocycles. The lowest BCUT2D eigenvalue weighted by molar-refractivity contribution is 0.0986. The van der Waals surface area contributed by atoms with Crippen molar-refractivity contribution in [2.75, 3.05) is 13.2 Å². The Bertz CT molecular complexity index is 2090. The molecule has 10 nitrogen and oxygen atoms in total. The Morgan fingerprint density at radius 2 is 0.961 bits per heavy atom. The zero-order valence-electron chi connectivity index (χ0n) is 28.8. The van der Waals surface area contributed by atoms with Crippen LogP contribution in [0.4, 0.5) is 0 Å². The number of rotatable bonds is 14. The third kappa shape index (κ3) is 7.91. The van der Waals surface area contributed by atoms with Gasteiger partial charge in [-0.2, -0.15) is 10.2 Å². The largest absolute Gasteiger partial charge is 0.493 e. The molecule has 0 aliphatic heterocycles. The lowest BCUT2D eigenvalue weighted by atomic mass is 10.0. The number of Topliss-reactive ketones (excluding diaryl/α,β-unsaturated/α-hetero) is 2. The number of hydrogen-bond acceptors (Lipinski definition) is 8. The van der Waals surface area contributed by atoms with Crippen LogP contribution in [0.25, 0.3) is 11.4 Å². The Balaban J connectivity index is 1.01. The number of ketones is 4. The summed E-state index contributed by atoms with van der Waals surface area (Å²) in [4.78, 5) is 51.4. The highest BCUT2D eigenvalue weighted by Crippen LogP contribution is 2.22. The number of ether oxygens (including phenoxy) is 2. The fraction of sp³-hybridized carbons (Fsp3) is 0.171. The van der Waals surface area contributed by atoms with Crippen LogP contribution in [0.2, 0.25) is 0 Å². The highest BCUT2D eigenvalue weighted by Gasteiger charge is 2.23. The van der Waals surface area contributed by atoms with Crippen molar-refractivity contribution in [2.24, 2.45) is 0 Å². The summed E-state index contributed by atoms with van der Waals surface area (Å²) in [6.07, 6.45) is 3.77. The van der Waals surface area contributed by atoms with Gasteiger partial charge in [0.15, 0.2) is 23.1 Å². The summed E-state index contributed by atoms with van der Waals surface area (Å²) in [5, 5.41) is 8.78. The number of carbonyl (C=O) groups is 4. The van der Waals surface area contributed by atoms with E-state index in [9.17, 15) is 19.2 Å². The average molecular weight is 681 g/mol. The summed E-state index contributed by atoms with van der Waals surface area (Å²) in [7, 11) is 0. The quantitative estimate of drug-likeness (QED) is 0.0862. The molecule has 6 aromatic rings. The molecule has 51 heavy (non-hydrogen) atoms. The minimum atomic E-state index is -0.302. The summed E-state index contributed by atoms with van der Waals surface area (Å²) < 4.78 is 14.8. The van der Waals surface area contributed by atoms with E-state index >= 15 is 0 Å². The van der Waals surface area contributed by atoms with Crippen molar-refractivity contribution in [3.8, 4) is 22.9 Å². The third-order valence-electron chi connectivity index (χ3n) is 8.18. The van der Waals surface area contributed by atoms with Crippen LogP contribution < -0.4 is 9.47 Å². The minimum Gasteiger partial charge on any atom is -0.493 e. The Morgan fingerprint density at radius 3 is 1.31 bits per heavy atom. The third-order valence-corrected chi connectivity index (χ3v) is 8.18. The first-order valence-electron chi connectivity index (χ1n) is 16.5. The summed E-state index contributed by atoms with van der Waals surface area (Å²) in [6.45, 7) is 7.47. The van der Waals surface area contributed by atoms with E-state index in [1.165, 1.54) is 13.8 Å². The van der Waals surface area contributed by atoms with Crippen LogP contribution in [0, 0.1) is 13.8 Å². The molecule has 0 aliphatic rings. The topological polar surface area (TPSA) is 122 Å². The molecule has 0 saturated heterocycles. The number of nitrogens with zero attached hydrogens (tertiary/aromatic N) is 4. The van der Waals surface area contributed by atoms with Gasteiger partial charge in [-0.1, -0.05) is 24.3 Å². The van der Waals surface area contributed by atoms with Gasteiger partial charge in [-0.05, 0) is 97.8 Å². The van der Waals surface area contributed by atoms with Crippen LogP contribution in [0.1, 0.15) is 84.2 Å². The van der Waals surface area contributed by atoms with E-state index < -0.39 is 0 Å². The van der Waals surface area contributed by atoms with E-state index in [1.54, 1.807) is 70.3 Å². The summed E-state index contributed by atoms with van der Waals surface area (Å²) in [5.74, 6) is -0.00433. The fourth-order valence-corrected chi connectivity index (χ4v) is 5.56. The predicted octanol–water partition coefficient (Wildman–Crippen LogP) is 7.39. The summed E-state index contributed by atoms with van der Waals surface area (Å²) >= 11 is 0. The highest BCUT2D eigenvalue weighted by molar-refractivity contribution is 6.15. The lowest BCUT2D eigenvalue weighted by Gasteiger charge is -2.09. The van der Waals surface area contributed by atoms with Gasteiger partial charge in [-0.3, -0.25) is 19.2 Å². The normalized spacial score (nSPS) is 10.9. The molecule has 0 amide bonds. The van der Waals surface area contributed by atoms with Crippen molar-refractivity contribution < 1.29 is 28.7 Å². The summed E-state index contributed by atoms with van der Waals surface area (Å²) in [5.41, 5.74) is 5.15. The molecule has 6 rings (SSSR count). The maximum absolute atomic E-state index is 13.4. The van der Waals surface area contributed by atoms with E-state index in [0.717, 1.165) is 22.5 Å². The number of benzene rings is 4. The molecule has 2 aromatic heterocycles. The fourth-order valence-electron chi connectivity index (χ4n) is 5.56. The van der Waals surface area contributed by atoms with Crippen LogP contribution in [0.5, 0.6) is 11.5 Å². The smallest absolute Gasteiger partial charge is 0.196 e. The molecule has 4 aromatic carbocycles. The van der Waals surface area contributed by atoms with Gasteiger partial charge in [0.2, 0.25) is 0 Å². The Hall–Kier alpha value is -6.42. The molecule has 0 spiro atoms. The Morgan fingerprint density at radius 1 is 0.569 bits per heavy atom. The van der Waals surface area contributed by atoms with Crippen molar-refractivity contribution in [3.05, 3.63) is 154 Å². The molecular formula is C41H36N4O6. The van der Waals surface area contributed by atoms with Crippen molar-refractivity contribution >= 4 is 23.1 Å². The van der Waals surface area contributed by atoms with Gasteiger partial charge < -0.3 is 9.47 Å². The van der Waals surface area contributed by atoms with Crippen LogP contribution in [0.15, 0.2) is 109 Å². The molecule has 0 saturated carbocycles. The highest BCUT2D eigenvalue weighted by atomic mass is 16.5. The Kier molecular flexibility index (Phi) is 10.1. The van der Waals surface area contributed by atoms with Gasteiger partial charge in [-0.25, -0.2) is 9.36 Å². The van der Waals surface area contributed by atoms with Gasteiger partial charge in [0.25, 0.3) is 0 Å². The van der Waals surface area contributed by atoms with Crippen LogP contribution in [-0.2, 0) is 0 Å². The predicted molar refractivity (Wildman–Crippen MR) is 192 cm³/mol. The second-order valence-corrected chi connectivity index (χ2v) is 12.2. The van der Waals surface area contributed by atoms with E-state index in [-0.39, 0.29) is 45.6 Å². The molecule has 10 heteroatoms. The van der Waals surface area contributed by atoms with E-state index in [4.69, 9.17) is 9.47 Å². The van der Waals surface area contributed by atoms with Gasteiger partial charge in [0.1, 0.15) is 22.9 Å². The number of carbonyl (C=O) groups excluding carboxylic acids is 4. The first-order valence-corrected chi connectivity index (χ1v) is 16.5. The van der Waals surface area contributed by atoms with Crippen LogP contribution >= 0.6 is 0 Å². The number of aryl methyl sites for hydroxylation is 2. The van der Waals surface area contributed by atoms with Crippen LogP contribution in [-0.4, -0.2) is 55.9 Å². The van der Waals surface area contributed by atoms with Crippen molar-refractivity contribution in [1.82, 2.24) is 19.6 Å². The molecule has 0 radical (unpaired) electrons. The van der Waals surface area contributed by atoms with Crippen molar-refractivity contribution in [3.63, 3.8) is 0 Å². The molecule has 256 valence electrons. The molecular weight excluding hydrogens is 644 g/mol. The molecule has 0 atom stereocenters. The van der Waals surface area contributed by atoms with Crippen molar-refractivity contribution in [2.45, 2.75) is 34.1 Å². The molecule has 0 unspecified atom stereocenters. The van der Waals surface area contributed by atoms with Gasteiger partial charge in [0.05, 0.1) is 35.7 Å². The maximum atomic E-state index is 13.4. The second-order valence-electron chi connectivity index (χ2n) is 12.2. The first-order chi connectivity index (χ1) is 24.6. The van der Waals surface area contributed by atoms with Gasteiger partial charge in [-0.15, -0.1) is 0 Å².